The van der Waals surface area contributed by atoms with Crippen LogP contribution in [0.5, 0.6) is 0 Å². The van der Waals surface area contributed by atoms with Gasteiger partial charge in [0.2, 0.25) is 5.91 Å². The zero-order chi connectivity index (χ0) is 15.3. The number of rotatable bonds is 2. The van der Waals surface area contributed by atoms with Gasteiger partial charge >= 0.3 is 6.18 Å². The highest BCUT2D eigenvalue weighted by Gasteiger charge is 2.33. The highest BCUT2D eigenvalue weighted by Crippen LogP contribution is 2.33. The monoisotopic (exact) mass is 286 g/mol. The molecule has 0 fully saturated rings. The lowest BCUT2D eigenvalue weighted by Gasteiger charge is -2.08. The van der Waals surface area contributed by atoms with Crippen molar-refractivity contribution in [1.29, 1.82) is 0 Å². The molecule has 0 aliphatic carbocycles. The molecule has 0 radical (unpaired) electrons. The van der Waals surface area contributed by atoms with Crippen molar-refractivity contribution in [3.8, 4) is 11.8 Å². The Labute approximate surface area is 111 Å². The number of hydrogen-bond acceptors (Lipinski definition) is 3. The van der Waals surface area contributed by atoms with Crippen LogP contribution < -0.4 is 5.32 Å². The molecule has 1 rings (SSSR count). The van der Waals surface area contributed by atoms with Crippen LogP contribution in [0.3, 0.4) is 0 Å². The fourth-order valence-corrected chi connectivity index (χ4v) is 1.30. The Morgan fingerprint density at radius 2 is 2.10 bits per heavy atom. The summed E-state index contributed by atoms with van der Waals surface area (Å²) >= 11 is 0. The molecule has 0 heterocycles. The minimum Gasteiger partial charge on any atom is -0.345 e. The number of hydrogen-bond donors (Lipinski definition) is 1. The molecule has 1 aromatic carbocycles. The van der Waals surface area contributed by atoms with Crippen LogP contribution in [0.1, 0.15) is 18.1 Å². The number of alkyl halides is 3. The van der Waals surface area contributed by atoms with Crippen LogP contribution in [0, 0.1) is 22.0 Å². The third-order valence-electron chi connectivity index (χ3n) is 2.17. The van der Waals surface area contributed by atoms with E-state index in [-0.39, 0.29) is 12.5 Å². The molecule has 0 bridgehead atoms. The predicted octanol–water partition coefficient (Wildman–Crippen LogP) is 2.10. The zero-order valence-corrected chi connectivity index (χ0v) is 10.2. The lowest BCUT2D eigenvalue weighted by atomic mass is 10.1. The number of nitrogens with zero attached hydrogens (tertiary/aromatic N) is 1. The van der Waals surface area contributed by atoms with Crippen LogP contribution in [-0.2, 0) is 11.0 Å². The number of nitro groups is 1. The Balaban J connectivity index is 3.15. The Hall–Kier alpha value is -2.56. The van der Waals surface area contributed by atoms with Crippen molar-refractivity contribution in [3.05, 3.63) is 39.4 Å². The summed E-state index contributed by atoms with van der Waals surface area (Å²) in [7, 11) is 0. The second kappa shape index (κ2) is 6.06. The van der Waals surface area contributed by atoms with Crippen LogP contribution >= 0.6 is 0 Å². The highest BCUT2D eigenvalue weighted by atomic mass is 19.4. The van der Waals surface area contributed by atoms with E-state index >= 15 is 0 Å². The molecular weight excluding hydrogens is 277 g/mol. The van der Waals surface area contributed by atoms with Crippen molar-refractivity contribution in [2.24, 2.45) is 0 Å². The summed E-state index contributed by atoms with van der Waals surface area (Å²) in [5.41, 5.74) is -2.04. The minimum atomic E-state index is -4.66. The summed E-state index contributed by atoms with van der Waals surface area (Å²) in [5, 5.41) is 12.8. The number of carbonyl (C=O) groups is 1. The van der Waals surface area contributed by atoms with Crippen LogP contribution in [-0.4, -0.2) is 17.4 Å². The van der Waals surface area contributed by atoms with Crippen molar-refractivity contribution in [1.82, 2.24) is 5.32 Å². The molecule has 106 valence electrons. The molecule has 1 N–H and O–H groups in total. The first-order valence-electron chi connectivity index (χ1n) is 5.30. The molecule has 1 amide bonds. The second-order valence-corrected chi connectivity index (χ2v) is 3.70. The summed E-state index contributed by atoms with van der Waals surface area (Å²) in [6, 6.07) is 2.13. The van der Waals surface area contributed by atoms with E-state index in [1.165, 1.54) is 6.92 Å². The van der Waals surface area contributed by atoms with Gasteiger partial charge < -0.3 is 5.32 Å². The third-order valence-corrected chi connectivity index (χ3v) is 2.17. The van der Waals surface area contributed by atoms with E-state index < -0.39 is 27.9 Å². The molecule has 0 aliphatic heterocycles. The van der Waals surface area contributed by atoms with Gasteiger partial charge in [0, 0.05) is 24.6 Å². The van der Waals surface area contributed by atoms with Gasteiger partial charge in [0.05, 0.1) is 17.0 Å². The largest absolute Gasteiger partial charge is 0.417 e. The molecule has 5 nitrogen and oxygen atoms in total. The number of non-ortho nitro benzene ring substituents is 1. The summed E-state index contributed by atoms with van der Waals surface area (Å²) in [6.45, 7) is 1.09. The number of halogens is 3. The zero-order valence-electron chi connectivity index (χ0n) is 10.2. The van der Waals surface area contributed by atoms with E-state index in [9.17, 15) is 28.1 Å². The molecule has 0 spiro atoms. The van der Waals surface area contributed by atoms with Gasteiger partial charge in [0.25, 0.3) is 5.69 Å². The Kier molecular flexibility index (Phi) is 4.69. The predicted molar refractivity (Wildman–Crippen MR) is 63.7 cm³/mol. The molecular formula is C12H9F3N2O3. The van der Waals surface area contributed by atoms with Crippen molar-refractivity contribution >= 4 is 11.6 Å². The summed E-state index contributed by atoms with van der Waals surface area (Å²) in [5.74, 6) is 4.11. The van der Waals surface area contributed by atoms with Gasteiger partial charge in [-0.3, -0.25) is 14.9 Å². The Morgan fingerprint density at radius 1 is 1.45 bits per heavy atom. The van der Waals surface area contributed by atoms with E-state index in [1.807, 2.05) is 0 Å². The number of benzene rings is 1. The van der Waals surface area contributed by atoms with Crippen LogP contribution in [0.2, 0.25) is 0 Å². The average Bonchev–Trinajstić information content (AvgIpc) is 2.32. The fourth-order valence-electron chi connectivity index (χ4n) is 1.30. The number of carbonyl (C=O) groups excluding carboxylic acids is 1. The van der Waals surface area contributed by atoms with Gasteiger partial charge in [0.15, 0.2) is 0 Å². The highest BCUT2D eigenvalue weighted by molar-refractivity contribution is 5.73. The molecule has 0 atom stereocenters. The first-order chi connectivity index (χ1) is 9.21. The minimum absolute atomic E-state index is 0.144. The maximum Gasteiger partial charge on any atom is 0.417 e. The molecule has 1 aromatic rings. The van der Waals surface area contributed by atoms with Gasteiger partial charge in [-0.2, -0.15) is 13.2 Å². The lowest BCUT2D eigenvalue weighted by Crippen LogP contribution is -2.19. The van der Waals surface area contributed by atoms with Gasteiger partial charge in [-0.1, -0.05) is 11.8 Å². The van der Waals surface area contributed by atoms with E-state index in [4.69, 9.17) is 0 Å². The Bertz CT molecular complexity index is 600. The van der Waals surface area contributed by atoms with Crippen LogP contribution in [0.4, 0.5) is 18.9 Å². The lowest BCUT2D eigenvalue weighted by molar-refractivity contribution is -0.384. The summed E-state index contributed by atoms with van der Waals surface area (Å²) in [6.07, 6.45) is -4.66. The Morgan fingerprint density at radius 3 is 2.60 bits per heavy atom. The number of nitro benzene ring substituents is 1. The average molecular weight is 286 g/mol. The number of nitrogens with one attached hydrogen (secondary N) is 1. The molecule has 0 aromatic heterocycles. The van der Waals surface area contributed by atoms with E-state index in [2.05, 4.69) is 17.2 Å². The SMILES string of the molecule is CC(=O)NCC#Cc1cc([N+](=O)[O-])ccc1C(F)(F)F. The first kappa shape index (κ1) is 15.5. The summed E-state index contributed by atoms with van der Waals surface area (Å²) < 4.78 is 38.1. The normalized spacial score (nSPS) is 10.4. The van der Waals surface area contributed by atoms with Crippen molar-refractivity contribution in [2.45, 2.75) is 13.1 Å². The quantitative estimate of drug-likeness (QED) is 0.514. The fraction of sp³-hybridized carbons (Fsp3) is 0.250. The maximum absolute atomic E-state index is 12.7. The van der Waals surface area contributed by atoms with Gasteiger partial charge in [-0.05, 0) is 6.07 Å². The number of amides is 1. The summed E-state index contributed by atoms with van der Waals surface area (Å²) in [4.78, 5) is 20.3. The van der Waals surface area contributed by atoms with Crippen LogP contribution in [0.15, 0.2) is 18.2 Å². The standard InChI is InChI=1S/C12H9F3N2O3/c1-8(18)16-6-2-3-9-7-10(17(19)20)4-5-11(9)12(13,14)15/h4-5,7H,6H2,1H3,(H,16,18). The first-order valence-corrected chi connectivity index (χ1v) is 5.30. The van der Waals surface area contributed by atoms with Crippen molar-refractivity contribution in [2.75, 3.05) is 6.54 Å². The van der Waals surface area contributed by atoms with Crippen LogP contribution in [0.25, 0.3) is 0 Å². The molecule has 0 saturated heterocycles. The van der Waals surface area contributed by atoms with Gasteiger partial charge in [-0.25, -0.2) is 0 Å². The molecule has 0 unspecified atom stereocenters. The smallest absolute Gasteiger partial charge is 0.345 e. The molecule has 0 saturated carbocycles. The van der Waals surface area contributed by atoms with Crippen molar-refractivity contribution < 1.29 is 22.9 Å². The van der Waals surface area contributed by atoms with E-state index in [0.29, 0.717) is 6.07 Å². The second-order valence-electron chi connectivity index (χ2n) is 3.70. The van der Waals surface area contributed by atoms with Gasteiger partial charge in [-0.15, -0.1) is 0 Å². The topological polar surface area (TPSA) is 72.2 Å². The van der Waals surface area contributed by atoms with Gasteiger partial charge in [0.1, 0.15) is 0 Å². The molecule has 20 heavy (non-hydrogen) atoms. The molecule has 8 heteroatoms. The van der Waals surface area contributed by atoms with E-state index in [0.717, 1.165) is 12.1 Å². The molecule has 0 aliphatic rings. The third kappa shape index (κ3) is 4.28. The van der Waals surface area contributed by atoms with E-state index in [1.54, 1.807) is 0 Å². The van der Waals surface area contributed by atoms with Crippen molar-refractivity contribution in [3.63, 3.8) is 0 Å². The maximum atomic E-state index is 12.7.